The molecule has 1 aliphatic heterocycles. The van der Waals surface area contributed by atoms with Gasteiger partial charge < -0.3 is 14.8 Å². The first kappa shape index (κ1) is 24.5. The van der Waals surface area contributed by atoms with E-state index in [1.165, 1.54) is 17.7 Å². The van der Waals surface area contributed by atoms with Crippen LogP contribution in [0.15, 0.2) is 70.8 Å². The molecule has 1 heterocycles. The van der Waals surface area contributed by atoms with Crippen molar-refractivity contribution in [3.63, 3.8) is 0 Å². The fraction of sp³-hybridized carbons (Fsp3) is 0.185. The molecule has 1 N–H and O–H groups in total. The first-order valence-corrected chi connectivity index (χ1v) is 11.9. The average Bonchev–Trinajstić information content (AvgIpc) is 3.08. The van der Waals surface area contributed by atoms with Crippen molar-refractivity contribution in [2.24, 2.45) is 0 Å². The molecule has 1 saturated heterocycles. The van der Waals surface area contributed by atoms with E-state index in [4.69, 9.17) is 9.47 Å². The number of nitrogens with one attached hydrogen (secondary N) is 1. The number of amides is 3. The normalized spacial score (nSPS) is 14.4. The van der Waals surface area contributed by atoms with E-state index in [-0.39, 0.29) is 18.1 Å². The van der Waals surface area contributed by atoms with Crippen molar-refractivity contribution < 1.29 is 23.5 Å². The second-order valence-electron chi connectivity index (χ2n) is 8.04. The van der Waals surface area contributed by atoms with E-state index in [1.807, 2.05) is 38.1 Å². The maximum absolute atomic E-state index is 13.2. The van der Waals surface area contributed by atoms with Gasteiger partial charge in [0.2, 0.25) is 0 Å². The summed E-state index contributed by atoms with van der Waals surface area (Å²) in [6, 6.07) is 16.7. The van der Waals surface area contributed by atoms with E-state index in [0.29, 0.717) is 40.3 Å². The van der Waals surface area contributed by atoms with Crippen molar-refractivity contribution in [2.75, 3.05) is 6.61 Å². The van der Waals surface area contributed by atoms with Gasteiger partial charge in [-0.25, -0.2) is 9.18 Å². The molecule has 3 amide bonds. The van der Waals surface area contributed by atoms with Crippen LogP contribution >= 0.6 is 15.9 Å². The molecule has 0 saturated carbocycles. The molecular formula is C27H24BrFN2O4. The highest BCUT2D eigenvalue weighted by molar-refractivity contribution is 9.10. The summed E-state index contributed by atoms with van der Waals surface area (Å²) in [6.07, 6.45) is 1.59. The van der Waals surface area contributed by atoms with Crippen LogP contribution in [0.4, 0.5) is 9.18 Å². The minimum atomic E-state index is -0.535. The van der Waals surface area contributed by atoms with Crippen LogP contribution in [0.5, 0.6) is 11.5 Å². The Hall–Kier alpha value is -3.65. The van der Waals surface area contributed by atoms with E-state index in [0.717, 1.165) is 10.5 Å². The van der Waals surface area contributed by atoms with Gasteiger partial charge in [0, 0.05) is 0 Å². The van der Waals surface area contributed by atoms with Crippen molar-refractivity contribution in [1.29, 1.82) is 0 Å². The summed E-state index contributed by atoms with van der Waals surface area (Å²) in [7, 11) is 0. The van der Waals surface area contributed by atoms with Gasteiger partial charge in [-0.05, 0) is 76.8 Å². The fourth-order valence-electron chi connectivity index (χ4n) is 3.57. The molecule has 3 aromatic carbocycles. The van der Waals surface area contributed by atoms with Crippen molar-refractivity contribution in [2.45, 2.75) is 27.0 Å². The first-order chi connectivity index (χ1) is 16.8. The Morgan fingerprint density at radius 2 is 1.69 bits per heavy atom. The average molecular weight is 539 g/mol. The number of ether oxygens (including phenoxy) is 2. The lowest BCUT2D eigenvalue weighted by atomic mass is 10.1. The number of hydrogen-bond acceptors (Lipinski definition) is 4. The third-order valence-corrected chi connectivity index (χ3v) is 5.95. The Bertz CT molecular complexity index is 1270. The number of benzene rings is 3. The van der Waals surface area contributed by atoms with E-state index in [1.54, 1.807) is 30.3 Å². The van der Waals surface area contributed by atoms with Crippen molar-refractivity contribution >= 4 is 33.9 Å². The molecule has 8 heteroatoms. The lowest BCUT2D eigenvalue weighted by molar-refractivity contribution is -0.123. The molecule has 3 aromatic rings. The van der Waals surface area contributed by atoms with Crippen molar-refractivity contribution in [1.82, 2.24) is 10.2 Å². The molecule has 35 heavy (non-hydrogen) atoms. The van der Waals surface area contributed by atoms with Gasteiger partial charge in [0.25, 0.3) is 5.91 Å². The van der Waals surface area contributed by atoms with Gasteiger partial charge in [-0.2, -0.15) is 0 Å². The van der Waals surface area contributed by atoms with Gasteiger partial charge in [-0.3, -0.25) is 9.69 Å². The van der Waals surface area contributed by atoms with Crippen LogP contribution in [-0.2, 0) is 17.9 Å². The summed E-state index contributed by atoms with van der Waals surface area (Å²) in [6.45, 7) is 4.74. The third kappa shape index (κ3) is 5.89. The highest BCUT2D eigenvalue weighted by atomic mass is 79.9. The van der Waals surface area contributed by atoms with Crippen molar-refractivity contribution in [3.8, 4) is 11.5 Å². The number of rotatable bonds is 8. The molecule has 0 atom stereocenters. The minimum absolute atomic E-state index is 0.0436. The molecule has 180 valence electrons. The third-order valence-electron chi connectivity index (χ3n) is 5.36. The van der Waals surface area contributed by atoms with Gasteiger partial charge in [-0.1, -0.05) is 42.0 Å². The van der Waals surface area contributed by atoms with Crippen LogP contribution in [0.1, 0.15) is 29.2 Å². The minimum Gasteiger partial charge on any atom is -0.490 e. The second-order valence-corrected chi connectivity index (χ2v) is 8.90. The van der Waals surface area contributed by atoms with Crippen LogP contribution in [0.25, 0.3) is 6.08 Å². The predicted molar refractivity (Wildman–Crippen MR) is 134 cm³/mol. The van der Waals surface area contributed by atoms with Gasteiger partial charge in [0.1, 0.15) is 18.1 Å². The number of nitrogens with zero attached hydrogens (tertiary/aromatic N) is 1. The van der Waals surface area contributed by atoms with Crippen LogP contribution in [-0.4, -0.2) is 23.4 Å². The number of halogens is 2. The monoisotopic (exact) mass is 538 g/mol. The maximum Gasteiger partial charge on any atom is 0.329 e. The molecular weight excluding hydrogens is 515 g/mol. The standard InChI is InChI=1S/C27H24BrFN2O4/c1-3-34-24-14-20(12-22(28)25(24)35-16-19-6-4-17(2)5-7-19)13-23-26(32)31(27(33)30-23)15-18-8-10-21(29)11-9-18/h4-14H,3,15-16H2,1-2H3,(H,30,33)/b23-13+. The molecule has 0 spiro atoms. The quantitative estimate of drug-likeness (QED) is 0.283. The highest BCUT2D eigenvalue weighted by Gasteiger charge is 2.33. The van der Waals surface area contributed by atoms with Crippen LogP contribution in [0.3, 0.4) is 0 Å². The summed E-state index contributed by atoms with van der Waals surface area (Å²) >= 11 is 3.54. The number of aryl methyl sites for hydroxylation is 1. The summed E-state index contributed by atoms with van der Waals surface area (Å²) in [5.41, 5.74) is 3.63. The largest absolute Gasteiger partial charge is 0.490 e. The van der Waals surface area contributed by atoms with E-state index >= 15 is 0 Å². The lowest BCUT2D eigenvalue weighted by Gasteiger charge is -2.15. The van der Waals surface area contributed by atoms with Crippen LogP contribution in [0, 0.1) is 12.7 Å². The zero-order valence-electron chi connectivity index (χ0n) is 19.3. The van der Waals surface area contributed by atoms with Crippen LogP contribution in [0.2, 0.25) is 0 Å². The zero-order chi connectivity index (χ0) is 24.9. The number of carbonyl (C=O) groups is 2. The summed E-state index contributed by atoms with van der Waals surface area (Å²) in [5, 5.41) is 2.61. The molecule has 6 nitrogen and oxygen atoms in total. The number of imide groups is 1. The van der Waals surface area contributed by atoms with E-state index in [2.05, 4.69) is 21.2 Å². The Balaban J connectivity index is 1.54. The highest BCUT2D eigenvalue weighted by Crippen LogP contribution is 2.38. The van der Waals surface area contributed by atoms with Gasteiger partial charge >= 0.3 is 6.03 Å². The van der Waals surface area contributed by atoms with Crippen LogP contribution < -0.4 is 14.8 Å². The van der Waals surface area contributed by atoms with Crippen molar-refractivity contribution in [3.05, 3.63) is 98.9 Å². The molecule has 0 radical (unpaired) electrons. The molecule has 0 aliphatic carbocycles. The maximum atomic E-state index is 13.2. The zero-order valence-corrected chi connectivity index (χ0v) is 20.9. The number of urea groups is 1. The first-order valence-electron chi connectivity index (χ1n) is 11.1. The fourth-order valence-corrected chi connectivity index (χ4v) is 4.14. The van der Waals surface area contributed by atoms with E-state index < -0.39 is 11.9 Å². The number of carbonyl (C=O) groups excluding carboxylic acids is 2. The summed E-state index contributed by atoms with van der Waals surface area (Å²) in [4.78, 5) is 26.4. The second kappa shape index (κ2) is 10.7. The topological polar surface area (TPSA) is 67.9 Å². The summed E-state index contributed by atoms with van der Waals surface area (Å²) in [5.74, 6) is 0.219. The Morgan fingerprint density at radius 3 is 2.37 bits per heavy atom. The molecule has 1 aliphatic rings. The van der Waals surface area contributed by atoms with Gasteiger partial charge in [0.15, 0.2) is 11.5 Å². The smallest absolute Gasteiger partial charge is 0.329 e. The Kier molecular flexibility index (Phi) is 7.51. The predicted octanol–water partition coefficient (Wildman–Crippen LogP) is 5.97. The van der Waals surface area contributed by atoms with Gasteiger partial charge in [-0.15, -0.1) is 0 Å². The Labute approximate surface area is 211 Å². The number of hydrogen-bond donors (Lipinski definition) is 1. The molecule has 0 aromatic heterocycles. The Morgan fingerprint density at radius 1 is 1.00 bits per heavy atom. The summed E-state index contributed by atoms with van der Waals surface area (Å²) < 4.78 is 25.6. The molecule has 4 rings (SSSR count). The molecule has 0 bridgehead atoms. The SMILES string of the molecule is CCOc1cc(/C=C2/NC(=O)N(Cc3ccc(F)cc3)C2=O)cc(Br)c1OCc1ccc(C)cc1. The van der Waals surface area contributed by atoms with E-state index in [9.17, 15) is 14.0 Å². The molecule has 1 fully saturated rings. The van der Waals surface area contributed by atoms with Gasteiger partial charge in [0.05, 0.1) is 17.6 Å². The lowest BCUT2D eigenvalue weighted by Crippen LogP contribution is -2.30. The molecule has 0 unspecified atom stereocenters.